The maximum Gasteiger partial charge on any atom is 0.106 e. The van der Waals surface area contributed by atoms with Gasteiger partial charge < -0.3 is 16.9 Å². The summed E-state index contributed by atoms with van der Waals surface area (Å²) in [5.41, 5.74) is 1.52. The van der Waals surface area contributed by atoms with Crippen LogP contribution < -0.4 is 12.4 Å². The molecule has 1 nitrogen and oxygen atoms in total. The third-order valence-electron chi connectivity index (χ3n) is 7.15. The zero-order chi connectivity index (χ0) is 19.3. The minimum atomic E-state index is 0. The Balaban J connectivity index is 0.00000205. The standard InChI is InChI=1S/C27H28N.ClH/c1-4-28(5-2,6-3)18-25-22-13-8-7-12-21(22)23-16-14-19-10-9-11-20-15-17-24(25)27(23)26(19)20;/h7-17H,4-6,18H2,1-3H3;1H/q+1;/p-1. The highest BCUT2D eigenvalue weighted by Gasteiger charge is 2.25. The van der Waals surface area contributed by atoms with Gasteiger partial charge in [0.05, 0.1) is 19.6 Å². The monoisotopic (exact) mass is 401 g/mol. The molecule has 148 valence electrons. The van der Waals surface area contributed by atoms with E-state index in [0.29, 0.717) is 0 Å². The van der Waals surface area contributed by atoms with E-state index < -0.39 is 0 Å². The summed E-state index contributed by atoms with van der Waals surface area (Å²) < 4.78 is 1.13. The van der Waals surface area contributed by atoms with Crippen LogP contribution in [0.3, 0.4) is 0 Å². The van der Waals surface area contributed by atoms with Crippen LogP contribution in [-0.2, 0) is 6.54 Å². The maximum atomic E-state index is 2.38. The predicted molar refractivity (Wildman–Crippen MR) is 123 cm³/mol. The van der Waals surface area contributed by atoms with Crippen molar-refractivity contribution in [2.75, 3.05) is 19.6 Å². The molecular weight excluding hydrogens is 374 g/mol. The summed E-state index contributed by atoms with van der Waals surface area (Å²) in [4.78, 5) is 0. The van der Waals surface area contributed by atoms with Gasteiger partial charge in [-0.15, -0.1) is 0 Å². The van der Waals surface area contributed by atoms with Gasteiger partial charge in [-0.25, -0.2) is 0 Å². The minimum absolute atomic E-state index is 0. The van der Waals surface area contributed by atoms with Crippen molar-refractivity contribution in [2.24, 2.45) is 0 Å². The summed E-state index contributed by atoms with van der Waals surface area (Å²) in [5.74, 6) is 0. The molecule has 0 spiro atoms. The van der Waals surface area contributed by atoms with Crippen molar-refractivity contribution in [3.63, 3.8) is 0 Å². The zero-order valence-electron chi connectivity index (χ0n) is 17.5. The number of halogens is 1. The number of hydrogen-bond acceptors (Lipinski definition) is 0. The van der Waals surface area contributed by atoms with Crippen molar-refractivity contribution in [1.29, 1.82) is 0 Å². The van der Waals surface area contributed by atoms with Gasteiger partial charge >= 0.3 is 0 Å². The summed E-state index contributed by atoms with van der Waals surface area (Å²) in [7, 11) is 0. The second-order valence-electron chi connectivity index (χ2n) is 8.15. The number of hydrogen-bond donors (Lipinski definition) is 0. The number of quaternary nitrogens is 1. The highest BCUT2D eigenvalue weighted by molar-refractivity contribution is 6.29. The van der Waals surface area contributed by atoms with E-state index in [-0.39, 0.29) is 12.4 Å². The molecule has 2 heteroatoms. The van der Waals surface area contributed by atoms with Crippen LogP contribution >= 0.6 is 0 Å². The minimum Gasteiger partial charge on any atom is -1.00 e. The summed E-state index contributed by atoms with van der Waals surface area (Å²) in [6.07, 6.45) is 0. The second-order valence-corrected chi connectivity index (χ2v) is 8.15. The van der Waals surface area contributed by atoms with Gasteiger partial charge in [-0.3, -0.25) is 0 Å². The predicted octanol–water partition coefficient (Wildman–Crippen LogP) is 4.12. The van der Waals surface area contributed by atoms with Gasteiger partial charge in [-0.05, 0) is 63.9 Å². The molecule has 0 saturated carbocycles. The Labute approximate surface area is 179 Å². The molecule has 0 unspecified atom stereocenters. The van der Waals surface area contributed by atoms with E-state index in [9.17, 15) is 0 Å². The SMILES string of the molecule is CC[N+](CC)(CC)Cc1c2ccccc2c2ccc3cccc4ccc1c2c43.[Cl-]. The van der Waals surface area contributed by atoms with E-state index in [1.807, 2.05) is 0 Å². The van der Waals surface area contributed by atoms with Gasteiger partial charge in [0.1, 0.15) is 6.54 Å². The largest absolute Gasteiger partial charge is 1.00 e. The molecule has 5 aromatic rings. The third kappa shape index (κ3) is 2.87. The number of fused-ring (bicyclic) bond motifs is 2. The van der Waals surface area contributed by atoms with Crippen LogP contribution in [0.4, 0.5) is 0 Å². The number of nitrogens with zero attached hydrogens (tertiary/aromatic N) is 1. The first-order valence-electron chi connectivity index (χ1n) is 10.6. The quantitative estimate of drug-likeness (QED) is 0.236. The van der Waals surface area contributed by atoms with Crippen LogP contribution in [0.15, 0.2) is 66.7 Å². The Morgan fingerprint density at radius 3 is 1.76 bits per heavy atom. The highest BCUT2D eigenvalue weighted by atomic mass is 35.5. The second kappa shape index (κ2) is 7.48. The molecule has 5 aromatic carbocycles. The van der Waals surface area contributed by atoms with E-state index in [0.717, 1.165) is 11.0 Å². The molecule has 0 heterocycles. The van der Waals surface area contributed by atoms with Crippen molar-refractivity contribution in [2.45, 2.75) is 27.3 Å². The Morgan fingerprint density at radius 1 is 0.552 bits per heavy atom. The van der Waals surface area contributed by atoms with E-state index in [4.69, 9.17) is 0 Å². The van der Waals surface area contributed by atoms with Gasteiger partial charge in [0, 0.05) is 5.56 Å². The normalized spacial score (nSPS) is 12.2. The van der Waals surface area contributed by atoms with E-state index in [1.165, 1.54) is 68.3 Å². The van der Waals surface area contributed by atoms with Gasteiger partial charge in [0.15, 0.2) is 0 Å². The molecule has 5 rings (SSSR count). The molecule has 29 heavy (non-hydrogen) atoms. The van der Waals surface area contributed by atoms with Crippen molar-refractivity contribution in [3.05, 3.63) is 72.3 Å². The Hall–Kier alpha value is -2.35. The fourth-order valence-corrected chi connectivity index (χ4v) is 5.20. The van der Waals surface area contributed by atoms with Crippen molar-refractivity contribution in [3.8, 4) is 0 Å². The molecule has 0 radical (unpaired) electrons. The molecule has 0 saturated heterocycles. The topological polar surface area (TPSA) is 0 Å². The maximum absolute atomic E-state index is 2.38. The van der Waals surface area contributed by atoms with Gasteiger partial charge in [-0.1, -0.05) is 66.7 Å². The fourth-order valence-electron chi connectivity index (χ4n) is 5.20. The van der Waals surface area contributed by atoms with Crippen molar-refractivity contribution >= 4 is 43.1 Å². The van der Waals surface area contributed by atoms with Crippen LogP contribution in [-0.4, -0.2) is 24.1 Å². The lowest BCUT2D eigenvalue weighted by molar-refractivity contribution is -0.935. The summed E-state index contributed by atoms with van der Waals surface area (Å²) in [5, 5.41) is 11.2. The summed E-state index contributed by atoms with van der Waals surface area (Å²) in [6, 6.07) is 25.0. The molecule has 0 aliphatic heterocycles. The lowest BCUT2D eigenvalue weighted by Gasteiger charge is -2.36. The molecule has 0 aromatic heterocycles. The average Bonchev–Trinajstić information content (AvgIpc) is 2.76. The number of rotatable bonds is 5. The van der Waals surface area contributed by atoms with E-state index in [1.54, 1.807) is 0 Å². The smallest absolute Gasteiger partial charge is 0.106 e. The molecule has 0 bridgehead atoms. The van der Waals surface area contributed by atoms with Crippen LogP contribution in [0, 0.1) is 0 Å². The van der Waals surface area contributed by atoms with E-state index in [2.05, 4.69) is 87.5 Å². The van der Waals surface area contributed by atoms with Crippen LogP contribution in [0.25, 0.3) is 43.1 Å². The van der Waals surface area contributed by atoms with Crippen molar-refractivity contribution in [1.82, 2.24) is 0 Å². The summed E-state index contributed by atoms with van der Waals surface area (Å²) >= 11 is 0. The van der Waals surface area contributed by atoms with Crippen LogP contribution in [0.1, 0.15) is 26.3 Å². The van der Waals surface area contributed by atoms with Crippen molar-refractivity contribution < 1.29 is 16.9 Å². The highest BCUT2D eigenvalue weighted by Crippen LogP contribution is 2.41. The third-order valence-corrected chi connectivity index (χ3v) is 7.15. The van der Waals surface area contributed by atoms with Crippen LogP contribution in [0.2, 0.25) is 0 Å². The summed E-state index contributed by atoms with van der Waals surface area (Å²) in [6.45, 7) is 11.6. The van der Waals surface area contributed by atoms with Crippen LogP contribution in [0.5, 0.6) is 0 Å². The first-order valence-corrected chi connectivity index (χ1v) is 10.6. The van der Waals surface area contributed by atoms with E-state index >= 15 is 0 Å². The average molecular weight is 402 g/mol. The van der Waals surface area contributed by atoms with Gasteiger partial charge in [-0.2, -0.15) is 0 Å². The molecule has 0 aliphatic rings. The Morgan fingerprint density at radius 2 is 1.14 bits per heavy atom. The molecule has 0 fully saturated rings. The first-order chi connectivity index (χ1) is 13.7. The van der Waals surface area contributed by atoms with Gasteiger partial charge in [0.2, 0.25) is 0 Å². The zero-order valence-corrected chi connectivity index (χ0v) is 18.3. The lowest BCUT2D eigenvalue weighted by Crippen LogP contribution is -3.00. The molecule has 0 amide bonds. The molecular formula is C27H28ClN. The Kier molecular flexibility index (Phi) is 5.14. The van der Waals surface area contributed by atoms with Gasteiger partial charge in [0.25, 0.3) is 0 Å². The fraction of sp³-hybridized carbons (Fsp3) is 0.259. The lowest BCUT2D eigenvalue weighted by atomic mass is 9.87. The molecule has 0 aliphatic carbocycles. The number of benzene rings is 5. The Bertz CT molecular complexity index is 1280. The first kappa shape index (κ1) is 19.9. The molecule has 0 atom stereocenters. The molecule has 0 N–H and O–H groups in total.